The van der Waals surface area contributed by atoms with E-state index in [0.717, 1.165) is 25.9 Å². The Hall–Kier alpha value is -0.650. The first-order valence-corrected chi connectivity index (χ1v) is 5.53. The van der Waals surface area contributed by atoms with Gasteiger partial charge in [-0.3, -0.25) is 10.2 Å². The summed E-state index contributed by atoms with van der Waals surface area (Å²) in [5.74, 6) is -0.00537. The van der Waals surface area contributed by atoms with E-state index in [0.29, 0.717) is 13.0 Å². The molecule has 0 spiro atoms. The van der Waals surface area contributed by atoms with Crippen molar-refractivity contribution in [3.05, 3.63) is 0 Å². The summed E-state index contributed by atoms with van der Waals surface area (Å²) in [4.78, 5) is 11.6. The van der Waals surface area contributed by atoms with Crippen molar-refractivity contribution in [1.29, 1.82) is 0 Å². The number of ether oxygens (including phenoxy) is 1. The average Bonchev–Trinajstić information content (AvgIpc) is 2.27. The Labute approximate surface area is 90.9 Å². The van der Waals surface area contributed by atoms with Gasteiger partial charge in [-0.25, -0.2) is 5.01 Å². The van der Waals surface area contributed by atoms with Gasteiger partial charge in [0.2, 0.25) is 5.91 Å². The summed E-state index contributed by atoms with van der Waals surface area (Å²) >= 11 is 0. The molecular weight excluding hydrogens is 194 g/mol. The molecule has 5 heteroatoms. The number of piperidine rings is 1. The highest BCUT2D eigenvalue weighted by Gasteiger charge is 2.15. The molecule has 1 fully saturated rings. The predicted molar refractivity (Wildman–Crippen MR) is 58.0 cm³/mol. The molecule has 0 aromatic carbocycles. The molecule has 0 saturated carbocycles. The molecule has 0 aromatic rings. The second kappa shape index (κ2) is 6.76. The monoisotopic (exact) mass is 215 g/mol. The lowest BCUT2D eigenvalue weighted by atomic mass is 10.2. The van der Waals surface area contributed by atoms with Crippen LogP contribution in [0.5, 0.6) is 0 Å². The van der Waals surface area contributed by atoms with E-state index in [4.69, 9.17) is 10.5 Å². The van der Waals surface area contributed by atoms with Gasteiger partial charge in [0.25, 0.3) is 0 Å². The van der Waals surface area contributed by atoms with Gasteiger partial charge in [0.05, 0.1) is 12.5 Å². The van der Waals surface area contributed by atoms with Crippen LogP contribution in [-0.2, 0) is 9.53 Å². The zero-order chi connectivity index (χ0) is 11.1. The van der Waals surface area contributed by atoms with Crippen LogP contribution in [0.2, 0.25) is 0 Å². The lowest BCUT2D eigenvalue weighted by Crippen LogP contribution is -2.46. The SMILES string of the molecule is COC(CN)CC(=O)NN1CCCCC1. The highest BCUT2D eigenvalue weighted by molar-refractivity contribution is 5.75. The fraction of sp³-hybridized carbons (Fsp3) is 0.900. The minimum atomic E-state index is -0.171. The molecule has 1 rings (SSSR count). The molecule has 0 bridgehead atoms. The Morgan fingerprint density at radius 1 is 1.47 bits per heavy atom. The van der Waals surface area contributed by atoms with Crippen LogP contribution in [0.15, 0.2) is 0 Å². The van der Waals surface area contributed by atoms with Crippen LogP contribution in [0, 0.1) is 0 Å². The Morgan fingerprint density at radius 2 is 2.13 bits per heavy atom. The first-order chi connectivity index (χ1) is 7.26. The third-order valence-electron chi connectivity index (χ3n) is 2.65. The molecule has 88 valence electrons. The third kappa shape index (κ3) is 4.59. The Balaban J connectivity index is 2.21. The number of nitrogens with one attached hydrogen (secondary N) is 1. The van der Waals surface area contributed by atoms with Gasteiger partial charge in [-0.2, -0.15) is 0 Å². The van der Waals surface area contributed by atoms with Crippen molar-refractivity contribution in [2.24, 2.45) is 5.73 Å². The van der Waals surface area contributed by atoms with Crippen LogP contribution in [-0.4, -0.2) is 43.8 Å². The first-order valence-electron chi connectivity index (χ1n) is 5.53. The lowest BCUT2D eigenvalue weighted by Gasteiger charge is -2.27. The maximum Gasteiger partial charge on any atom is 0.236 e. The number of rotatable bonds is 5. The summed E-state index contributed by atoms with van der Waals surface area (Å²) in [6.07, 6.45) is 3.74. The minimum Gasteiger partial charge on any atom is -0.380 e. The molecule has 1 saturated heterocycles. The summed E-state index contributed by atoms with van der Waals surface area (Å²) in [5, 5.41) is 1.98. The van der Waals surface area contributed by atoms with Crippen LogP contribution >= 0.6 is 0 Å². The van der Waals surface area contributed by atoms with Crippen molar-refractivity contribution in [3.8, 4) is 0 Å². The molecule has 1 atom stereocenters. The number of hydrogen-bond acceptors (Lipinski definition) is 4. The molecule has 0 aliphatic carbocycles. The van der Waals surface area contributed by atoms with Crippen LogP contribution in [0.4, 0.5) is 0 Å². The minimum absolute atomic E-state index is 0.00537. The van der Waals surface area contributed by atoms with E-state index in [-0.39, 0.29) is 12.0 Å². The maximum absolute atomic E-state index is 11.6. The second-order valence-corrected chi connectivity index (χ2v) is 3.88. The molecule has 1 aliphatic rings. The molecule has 1 amide bonds. The predicted octanol–water partition coefficient (Wildman–Crippen LogP) is -0.133. The summed E-state index contributed by atoms with van der Waals surface area (Å²) in [6, 6.07) is 0. The smallest absolute Gasteiger partial charge is 0.236 e. The summed E-state index contributed by atoms with van der Waals surface area (Å²) in [7, 11) is 1.58. The van der Waals surface area contributed by atoms with Gasteiger partial charge in [0.15, 0.2) is 0 Å². The number of hydrogen-bond donors (Lipinski definition) is 2. The Kier molecular flexibility index (Phi) is 5.60. The van der Waals surface area contributed by atoms with Crippen LogP contribution < -0.4 is 11.2 Å². The summed E-state index contributed by atoms with van der Waals surface area (Å²) < 4.78 is 5.05. The van der Waals surface area contributed by atoms with Gasteiger partial charge in [0, 0.05) is 26.7 Å². The summed E-state index contributed by atoms with van der Waals surface area (Å²) in [6.45, 7) is 2.28. The Morgan fingerprint density at radius 3 is 2.67 bits per heavy atom. The number of nitrogens with zero attached hydrogens (tertiary/aromatic N) is 1. The number of nitrogens with two attached hydrogens (primary N) is 1. The van der Waals surface area contributed by atoms with E-state index < -0.39 is 0 Å². The Bertz CT molecular complexity index is 189. The standard InChI is InChI=1S/C10H21N3O2/c1-15-9(8-11)7-10(14)12-13-5-3-2-4-6-13/h9H,2-8,11H2,1H3,(H,12,14). The lowest BCUT2D eigenvalue weighted by molar-refractivity contribution is -0.128. The van der Waals surface area contributed by atoms with Crippen molar-refractivity contribution in [1.82, 2.24) is 10.4 Å². The van der Waals surface area contributed by atoms with Crippen molar-refractivity contribution in [3.63, 3.8) is 0 Å². The zero-order valence-corrected chi connectivity index (χ0v) is 9.37. The zero-order valence-electron chi connectivity index (χ0n) is 9.37. The number of carbonyl (C=O) groups is 1. The van der Waals surface area contributed by atoms with E-state index in [1.807, 2.05) is 5.01 Å². The number of amides is 1. The summed E-state index contributed by atoms with van der Waals surface area (Å²) in [5.41, 5.74) is 8.32. The molecule has 1 unspecified atom stereocenters. The molecule has 1 heterocycles. The highest BCUT2D eigenvalue weighted by atomic mass is 16.5. The van der Waals surface area contributed by atoms with Crippen LogP contribution in [0.3, 0.4) is 0 Å². The molecule has 3 N–H and O–H groups in total. The van der Waals surface area contributed by atoms with E-state index >= 15 is 0 Å². The van der Waals surface area contributed by atoms with Gasteiger partial charge >= 0.3 is 0 Å². The third-order valence-corrected chi connectivity index (χ3v) is 2.65. The van der Waals surface area contributed by atoms with Gasteiger partial charge < -0.3 is 10.5 Å². The topological polar surface area (TPSA) is 67.6 Å². The van der Waals surface area contributed by atoms with Crippen molar-refractivity contribution in [2.45, 2.75) is 31.8 Å². The number of methoxy groups -OCH3 is 1. The average molecular weight is 215 g/mol. The molecular formula is C10H21N3O2. The van der Waals surface area contributed by atoms with Gasteiger partial charge in [-0.1, -0.05) is 6.42 Å². The number of carbonyl (C=O) groups excluding carboxylic acids is 1. The highest BCUT2D eigenvalue weighted by Crippen LogP contribution is 2.06. The van der Waals surface area contributed by atoms with Crippen molar-refractivity contribution < 1.29 is 9.53 Å². The van der Waals surface area contributed by atoms with Crippen molar-refractivity contribution >= 4 is 5.91 Å². The normalized spacial score (nSPS) is 19.9. The first kappa shape index (κ1) is 12.4. The van der Waals surface area contributed by atoms with E-state index in [1.165, 1.54) is 6.42 Å². The molecule has 0 radical (unpaired) electrons. The van der Waals surface area contributed by atoms with Crippen LogP contribution in [0.25, 0.3) is 0 Å². The quantitative estimate of drug-likeness (QED) is 0.670. The fourth-order valence-electron chi connectivity index (χ4n) is 1.70. The van der Waals surface area contributed by atoms with Gasteiger partial charge in [-0.05, 0) is 12.8 Å². The van der Waals surface area contributed by atoms with Crippen LogP contribution in [0.1, 0.15) is 25.7 Å². The molecule has 5 nitrogen and oxygen atoms in total. The second-order valence-electron chi connectivity index (χ2n) is 3.88. The van der Waals surface area contributed by atoms with E-state index in [9.17, 15) is 4.79 Å². The van der Waals surface area contributed by atoms with Gasteiger partial charge in [-0.15, -0.1) is 0 Å². The maximum atomic E-state index is 11.6. The molecule has 0 aromatic heterocycles. The van der Waals surface area contributed by atoms with Gasteiger partial charge in [0.1, 0.15) is 0 Å². The largest absolute Gasteiger partial charge is 0.380 e. The van der Waals surface area contributed by atoms with Crippen molar-refractivity contribution in [2.75, 3.05) is 26.7 Å². The number of hydrazine groups is 1. The molecule has 15 heavy (non-hydrogen) atoms. The fourth-order valence-corrected chi connectivity index (χ4v) is 1.70. The van der Waals surface area contributed by atoms with E-state index in [2.05, 4.69) is 5.43 Å². The molecule has 1 aliphatic heterocycles. The van der Waals surface area contributed by atoms with E-state index in [1.54, 1.807) is 7.11 Å².